The molecule has 0 saturated carbocycles. The molecule has 1 aromatic carbocycles. The molecule has 3 N–H and O–H groups in total. The van der Waals surface area contributed by atoms with Crippen LogP contribution in [0.4, 0.5) is 11.8 Å². The monoisotopic (exact) mass is 453 g/mol. The van der Waals surface area contributed by atoms with Gasteiger partial charge in [0.2, 0.25) is 5.95 Å². The molecule has 0 bridgehead atoms. The summed E-state index contributed by atoms with van der Waals surface area (Å²) in [4.78, 5) is 15.6. The number of benzene rings is 1. The summed E-state index contributed by atoms with van der Waals surface area (Å²) in [5.41, 5.74) is 2.82. The number of fused-ring (bicyclic) bond motifs is 1. The summed E-state index contributed by atoms with van der Waals surface area (Å²) in [6.45, 7) is 5.75. The summed E-state index contributed by atoms with van der Waals surface area (Å²) in [6, 6.07) is 12.3. The molecule has 3 heterocycles. The SMILES string of the molecule is CCC(CO)CCNc1nc(NCc2cccs2)nc(C)c1-c1nc2ccccc2s1. The predicted octanol–water partition coefficient (Wildman–Crippen LogP) is 5.56. The van der Waals surface area contributed by atoms with E-state index in [2.05, 4.69) is 35.1 Å². The number of thiophene rings is 1. The molecule has 8 heteroatoms. The molecular formula is C23H27N5OS2. The van der Waals surface area contributed by atoms with E-state index in [4.69, 9.17) is 15.0 Å². The molecule has 4 rings (SSSR count). The molecule has 0 saturated heterocycles. The van der Waals surface area contributed by atoms with Crippen molar-refractivity contribution in [3.63, 3.8) is 0 Å². The zero-order valence-corrected chi connectivity index (χ0v) is 19.4. The molecular weight excluding hydrogens is 426 g/mol. The van der Waals surface area contributed by atoms with Gasteiger partial charge in [0, 0.05) is 18.0 Å². The number of hydrogen-bond donors (Lipinski definition) is 3. The van der Waals surface area contributed by atoms with Crippen molar-refractivity contribution in [1.29, 1.82) is 0 Å². The summed E-state index contributed by atoms with van der Waals surface area (Å²) in [5.74, 6) is 1.68. The van der Waals surface area contributed by atoms with E-state index in [1.54, 1.807) is 22.7 Å². The number of aliphatic hydroxyl groups is 1. The quantitative estimate of drug-likeness (QED) is 0.292. The minimum absolute atomic E-state index is 0.208. The number of nitrogens with zero attached hydrogens (tertiary/aromatic N) is 3. The average Bonchev–Trinajstić information content (AvgIpc) is 3.44. The average molecular weight is 454 g/mol. The van der Waals surface area contributed by atoms with Crippen LogP contribution in [0, 0.1) is 12.8 Å². The van der Waals surface area contributed by atoms with Crippen molar-refractivity contribution >= 4 is 44.7 Å². The van der Waals surface area contributed by atoms with E-state index < -0.39 is 0 Å². The van der Waals surface area contributed by atoms with Crippen LogP contribution in [0.25, 0.3) is 20.8 Å². The molecule has 0 amide bonds. The van der Waals surface area contributed by atoms with Crippen molar-refractivity contribution in [2.75, 3.05) is 23.8 Å². The van der Waals surface area contributed by atoms with Crippen LogP contribution in [0.3, 0.4) is 0 Å². The van der Waals surface area contributed by atoms with Crippen molar-refractivity contribution < 1.29 is 5.11 Å². The Kier molecular flexibility index (Phi) is 7.11. The highest BCUT2D eigenvalue weighted by Gasteiger charge is 2.18. The fraction of sp³-hybridized carbons (Fsp3) is 0.348. The largest absolute Gasteiger partial charge is 0.396 e. The highest BCUT2D eigenvalue weighted by atomic mass is 32.1. The van der Waals surface area contributed by atoms with E-state index in [9.17, 15) is 5.11 Å². The van der Waals surface area contributed by atoms with Gasteiger partial charge in [-0.3, -0.25) is 0 Å². The molecule has 31 heavy (non-hydrogen) atoms. The van der Waals surface area contributed by atoms with E-state index >= 15 is 0 Å². The lowest BCUT2D eigenvalue weighted by atomic mass is 10.0. The van der Waals surface area contributed by atoms with Crippen LogP contribution >= 0.6 is 22.7 Å². The summed E-state index contributed by atoms with van der Waals surface area (Å²) < 4.78 is 1.15. The highest BCUT2D eigenvalue weighted by Crippen LogP contribution is 2.36. The van der Waals surface area contributed by atoms with Crippen LogP contribution < -0.4 is 10.6 Å². The van der Waals surface area contributed by atoms with Gasteiger partial charge >= 0.3 is 0 Å². The fourth-order valence-corrected chi connectivity index (χ4v) is 5.12. The molecule has 0 aliphatic carbocycles. The smallest absolute Gasteiger partial charge is 0.225 e. The molecule has 6 nitrogen and oxygen atoms in total. The Morgan fingerprint density at radius 3 is 2.68 bits per heavy atom. The summed E-state index contributed by atoms with van der Waals surface area (Å²) in [5, 5.41) is 19.3. The van der Waals surface area contributed by atoms with Crippen molar-refractivity contribution in [1.82, 2.24) is 15.0 Å². The Morgan fingerprint density at radius 1 is 1.06 bits per heavy atom. The lowest BCUT2D eigenvalue weighted by molar-refractivity contribution is 0.217. The van der Waals surface area contributed by atoms with E-state index in [-0.39, 0.29) is 12.5 Å². The number of para-hydroxylation sites is 1. The van der Waals surface area contributed by atoms with Gasteiger partial charge in [-0.25, -0.2) is 9.97 Å². The maximum Gasteiger partial charge on any atom is 0.225 e. The Hall–Kier alpha value is -2.55. The maximum absolute atomic E-state index is 9.51. The number of aryl methyl sites for hydroxylation is 1. The maximum atomic E-state index is 9.51. The molecule has 0 aliphatic heterocycles. The number of anilines is 2. The van der Waals surface area contributed by atoms with Crippen molar-refractivity contribution in [2.45, 2.75) is 33.2 Å². The van der Waals surface area contributed by atoms with Crippen LogP contribution in [0.15, 0.2) is 41.8 Å². The standard InChI is InChI=1S/C23H27N5OS2/c1-3-16(14-29)10-11-24-21-20(22-27-18-8-4-5-9-19(18)31-22)15(2)26-23(28-21)25-13-17-7-6-12-30-17/h4-9,12,16,29H,3,10-11,13-14H2,1-2H3,(H2,24,25,26,28). The summed E-state index contributed by atoms with van der Waals surface area (Å²) in [7, 11) is 0. The first-order valence-corrected chi connectivity index (χ1v) is 12.2. The second kappa shape index (κ2) is 10.2. The van der Waals surface area contributed by atoms with Crippen LogP contribution in [-0.2, 0) is 6.54 Å². The number of rotatable bonds is 10. The molecule has 0 fully saturated rings. The molecule has 0 spiro atoms. The molecule has 0 radical (unpaired) electrons. The number of thiazole rings is 1. The summed E-state index contributed by atoms with van der Waals surface area (Å²) >= 11 is 3.36. The second-order valence-electron chi connectivity index (χ2n) is 7.45. The molecule has 1 atom stereocenters. The van der Waals surface area contributed by atoms with Gasteiger partial charge in [-0.2, -0.15) is 4.98 Å². The van der Waals surface area contributed by atoms with Gasteiger partial charge in [0.1, 0.15) is 10.8 Å². The molecule has 0 aliphatic rings. The zero-order valence-electron chi connectivity index (χ0n) is 17.8. The van der Waals surface area contributed by atoms with Gasteiger partial charge in [-0.15, -0.1) is 22.7 Å². The van der Waals surface area contributed by atoms with Crippen molar-refractivity contribution in [3.8, 4) is 10.6 Å². The van der Waals surface area contributed by atoms with Crippen molar-refractivity contribution in [3.05, 3.63) is 52.3 Å². The molecule has 4 aromatic rings. The van der Waals surface area contributed by atoms with Crippen molar-refractivity contribution in [2.24, 2.45) is 5.92 Å². The zero-order chi connectivity index (χ0) is 21.6. The topological polar surface area (TPSA) is 83.0 Å². The fourth-order valence-electron chi connectivity index (χ4n) is 3.41. The van der Waals surface area contributed by atoms with Gasteiger partial charge in [0.25, 0.3) is 0 Å². The minimum Gasteiger partial charge on any atom is -0.396 e. The molecule has 1 unspecified atom stereocenters. The van der Waals surface area contributed by atoms with E-state index in [0.717, 1.165) is 51.7 Å². The van der Waals surface area contributed by atoms with Crippen LogP contribution in [0.2, 0.25) is 0 Å². The number of aromatic nitrogens is 3. The van der Waals surface area contributed by atoms with Gasteiger partial charge in [-0.1, -0.05) is 31.5 Å². The minimum atomic E-state index is 0.208. The number of hydrogen-bond acceptors (Lipinski definition) is 8. The van der Waals surface area contributed by atoms with E-state index in [0.29, 0.717) is 12.5 Å². The lowest BCUT2D eigenvalue weighted by Gasteiger charge is -2.16. The Morgan fingerprint density at radius 2 is 1.94 bits per heavy atom. The van der Waals surface area contributed by atoms with E-state index in [1.807, 2.05) is 31.2 Å². The Balaban J connectivity index is 1.64. The van der Waals surface area contributed by atoms with Gasteiger partial charge < -0.3 is 15.7 Å². The third-order valence-electron chi connectivity index (χ3n) is 5.28. The molecule has 162 valence electrons. The highest BCUT2D eigenvalue weighted by molar-refractivity contribution is 7.21. The second-order valence-corrected chi connectivity index (χ2v) is 9.51. The van der Waals surface area contributed by atoms with Crippen LogP contribution in [-0.4, -0.2) is 33.2 Å². The first-order valence-electron chi connectivity index (χ1n) is 10.5. The Bertz CT molecular complexity index is 1090. The normalized spacial score (nSPS) is 12.2. The van der Waals surface area contributed by atoms with Gasteiger partial charge in [0.15, 0.2) is 0 Å². The first-order chi connectivity index (χ1) is 15.2. The number of aliphatic hydroxyl groups excluding tert-OH is 1. The third kappa shape index (κ3) is 5.20. The van der Waals surface area contributed by atoms with Crippen LogP contribution in [0.5, 0.6) is 0 Å². The van der Waals surface area contributed by atoms with Crippen LogP contribution in [0.1, 0.15) is 30.3 Å². The predicted molar refractivity (Wildman–Crippen MR) is 131 cm³/mol. The Labute approximate surface area is 190 Å². The van der Waals surface area contributed by atoms with Gasteiger partial charge in [-0.05, 0) is 42.8 Å². The lowest BCUT2D eigenvalue weighted by Crippen LogP contribution is -2.14. The summed E-state index contributed by atoms with van der Waals surface area (Å²) in [6.07, 6.45) is 1.84. The molecule has 3 aromatic heterocycles. The number of nitrogens with one attached hydrogen (secondary N) is 2. The van der Waals surface area contributed by atoms with E-state index in [1.165, 1.54) is 4.88 Å². The van der Waals surface area contributed by atoms with Gasteiger partial charge in [0.05, 0.1) is 28.0 Å². The first kappa shape index (κ1) is 21.7. The third-order valence-corrected chi connectivity index (χ3v) is 7.21.